The predicted octanol–water partition coefficient (Wildman–Crippen LogP) is 3.48. The summed E-state index contributed by atoms with van der Waals surface area (Å²) in [4.78, 5) is 0. The van der Waals surface area contributed by atoms with Gasteiger partial charge in [0, 0.05) is 12.1 Å². The average Bonchev–Trinajstić information content (AvgIpc) is 2.85. The van der Waals surface area contributed by atoms with E-state index in [1.165, 1.54) is 11.6 Å². The largest absolute Gasteiger partial charge is 0.508 e. The summed E-state index contributed by atoms with van der Waals surface area (Å²) < 4.78 is 11.3. The maximum absolute atomic E-state index is 10.3. The number of aliphatic hydroxyl groups excluding tert-OH is 2. The quantitative estimate of drug-likeness (QED) is 0.281. The predicted molar refractivity (Wildman–Crippen MR) is 128 cm³/mol. The maximum Gasteiger partial charge on any atom is 0.121 e. The molecule has 0 fully saturated rings. The highest BCUT2D eigenvalue weighted by Gasteiger charge is 2.10. The summed E-state index contributed by atoms with van der Waals surface area (Å²) >= 11 is 0. The Balaban J connectivity index is 1.28. The van der Waals surface area contributed by atoms with Crippen LogP contribution in [-0.4, -0.2) is 41.6 Å². The molecule has 0 aliphatic heterocycles. The van der Waals surface area contributed by atoms with Crippen LogP contribution in [0.1, 0.15) is 33.9 Å². The van der Waals surface area contributed by atoms with Crippen molar-refractivity contribution in [3.8, 4) is 5.75 Å². The van der Waals surface area contributed by atoms with E-state index in [-0.39, 0.29) is 12.4 Å². The highest BCUT2D eigenvalue weighted by molar-refractivity contribution is 5.36. The molecule has 6 heteroatoms. The SMILES string of the molecule is OCc1cc(C(O)CNCCc2ccc(COCCOCc3ccccc3)cc2)ccc1O. The van der Waals surface area contributed by atoms with Gasteiger partial charge in [-0.3, -0.25) is 0 Å². The van der Waals surface area contributed by atoms with Gasteiger partial charge in [-0.25, -0.2) is 0 Å². The van der Waals surface area contributed by atoms with E-state index in [0.717, 1.165) is 24.1 Å². The summed E-state index contributed by atoms with van der Waals surface area (Å²) in [5, 5.41) is 32.4. The Kier molecular flexibility index (Phi) is 10.4. The monoisotopic (exact) mass is 451 g/mol. The number of phenols is 1. The number of nitrogens with one attached hydrogen (secondary N) is 1. The van der Waals surface area contributed by atoms with Crippen LogP contribution in [0.15, 0.2) is 72.8 Å². The van der Waals surface area contributed by atoms with Crippen molar-refractivity contribution in [3.63, 3.8) is 0 Å². The lowest BCUT2D eigenvalue weighted by atomic mass is 10.1. The highest BCUT2D eigenvalue weighted by atomic mass is 16.5. The lowest BCUT2D eigenvalue weighted by Crippen LogP contribution is -2.23. The molecule has 3 aromatic carbocycles. The maximum atomic E-state index is 10.3. The van der Waals surface area contributed by atoms with Crippen LogP contribution in [-0.2, 0) is 35.7 Å². The molecule has 33 heavy (non-hydrogen) atoms. The molecule has 0 saturated carbocycles. The molecule has 3 rings (SSSR count). The summed E-state index contributed by atoms with van der Waals surface area (Å²) in [5.74, 6) is 0.0339. The van der Waals surface area contributed by atoms with Crippen LogP contribution in [0, 0.1) is 0 Å². The fourth-order valence-corrected chi connectivity index (χ4v) is 3.40. The van der Waals surface area contributed by atoms with Gasteiger partial charge in [-0.05, 0) is 47.4 Å². The third-order valence-corrected chi connectivity index (χ3v) is 5.36. The first-order valence-electron chi connectivity index (χ1n) is 11.2. The number of rotatable bonds is 14. The minimum absolute atomic E-state index is 0.0339. The second kappa shape index (κ2) is 13.7. The molecule has 0 aromatic heterocycles. The summed E-state index contributed by atoms with van der Waals surface area (Å²) in [6.45, 7) is 3.15. The van der Waals surface area contributed by atoms with Gasteiger partial charge in [0.15, 0.2) is 0 Å². The van der Waals surface area contributed by atoms with Gasteiger partial charge in [0.25, 0.3) is 0 Å². The first-order chi connectivity index (χ1) is 16.2. The first-order valence-corrected chi connectivity index (χ1v) is 11.2. The second-order valence-electron chi connectivity index (χ2n) is 7.92. The van der Waals surface area contributed by atoms with Crippen LogP contribution in [0.3, 0.4) is 0 Å². The van der Waals surface area contributed by atoms with Gasteiger partial charge in [0.05, 0.1) is 39.1 Å². The Bertz CT molecular complexity index is 946. The second-order valence-corrected chi connectivity index (χ2v) is 7.92. The molecule has 0 radical (unpaired) electrons. The summed E-state index contributed by atoms with van der Waals surface area (Å²) in [6.07, 6.45) is 0.144. The summed E-state index contributed by atoms with van der Waals surface area (Å²) in [7, 11) is 0. The average molecular weight is 452 g/mol. The van der Waals surface area contributed by atoms with E-state index in [4.69, 9.17) is 9.47 Å². The van der Waals surface area contributed by atoms with Crippen molar-refractivity contribution in [1.29, 1.82) is 0 Å². The van der Waals surface area contributed by atoms with Crippen molar-refractivity contribution in [2.75, 3.05) is 26.3 Å². The molecule has 0 aliphatic carbocycles. The minimum atomic E-state index is -0.702. The zero-order valence-corrected chi connectivity index (χ0v) is 18.8. The smallest absolute Gasteiger partial charge is 0.121 e. The van der Waals surface area contributed by atoms with Crippen molar-refractivity contribution in [2.45, 2.75) is 32.3 Å². The van der Waals surface area contributed by atoms with Crippen molar-refractivity contribution < 1.29 is 24.8 Å². The van der Waals surface area contributed by atoms with Gasteiger partial charge in [0.2, 0.25) is 0 Å². The molecule has 0 bridgehead atoms. The van der Waals surface area contributed by atoms with Crippen LogP contribution < -0.4 is 5.32 Å². The van der Waals surface area contributed by atoms with Crippen molar-refractivity contribution in [2.24, 2.45) is 0 Å². The van der Waals surface area contributed by atoms with Crippen LogP contribution in [0.5, 0.6) is 5.75 Å². The Morgan fingerprint density at radius 1 is 0.788 bits per heavy atom. The lowest BCUT2D eigenvalue weighted by molar-refractivity contribution is 0.0339. The van der Waals surface area contributed by atoms with Crippen LogP contribution in [0.4, 0.5) is 0 Å². The standard InChI is InChI=1S/C27H33NO5/c29-18-25-16-24(10-11-26(25)30)27(31)17-28-13-12-21-6-8-23(9-7-21)20-33-15-14-32-19-22-4-2-1-3-5-22/h1-11,16,27-31H,12-15,17-20H2. The molecule has 4 N–H and O–H groups in total. The van der Waals surface area contributed by atoms with E-state index in [1.807, 2.05) is 30.3 Å². The summed E-state index contributed by atoms with van der Waals surface area (Å²) in [5.41, 5.74) is 4.57. The fourth-order valence-electron chi connectivity index (χ4n) is 3.40. The fraction of sp³-hybridized carbons (Fsp3) is 0.333. The normalized spacial score (nSPS) is 12.1. The number of hydrogen-bond donors (Lipinski definition) is 4. The van der Waals surface area contributed by atoms with E-state index in [2.05, 4.69) is 29.6 Å². The van der Waals surface area contributed by atoms with Crippen molar-refractivity contribution in [3.05, 3.63) is 101 Å². The van der Waals surface area contributed by atoms with Gasteiger partial charge >= 0.3 is 0 Å². The molecule has 0 saturated heterocycles. The third-order valence-electron chi connectivity index (χ3n) is 5.36. The van der Waals surface area contributed by atoms with Crippen molar-refractivity contribution in [1.82, 2.24) is 5.32 Å². The molecular formula is C27H33NO5. The molecule has 1 atom stereocenters. The van der Waals surface area contributed by atoms with Crippen LogP contribution >= 0.6 is 0 Å². The van der Waals surface area contributed by atoms with Crippen molar-refractivity contribution >= 4 is 0 Å². The number of benzene rings is 3. The van der Waals surface area contributed by atoms with E-state index >= 15 is 0 Å². The number of aliphatic hydroxyl groups is 2. The highest BCUT2D eigenvalue weighted by Crippen LogP contribution is 2.22. The van der Waals surface area contributed by atoms with Gasteiger partial charge in [-0.2, -0.15) is 0 Å². The molecule has 6 nitrogen and oxygen atoms in total. The Morgan fingerprint density at radius 2 is 1.42 bits per heavy atom. The Labute approximate surface area is 195 Å². The van der Waals surface area contributed by atoms with Gasteiger partial charge in [0.1, 0.15) is 5.75 Å². The molecular weight excluding hydrogens is 418 g/mol. The van der Waals surface area contributed by atoms with E-state index in [1.54, 1.807) is 12.1 Å². The zero-order chi connectivity index (χ0) is 23.3. The molecule has 0 spiro atoms. The molecule has 3 aromatic rings. The molecule has 1 unspecified atom stereocenters. The van der Waals surface area contributed by atoms with Gasteiger partial charge in [-0.1, -0.05) is 60.7 Å². The van der Waals surface area contributed by atoms with Gasteiger partial charge in [-0.15, -0.1) is 0 Å². The Morgan fingerprint density at radius 3 is 2.09 bits per heavy atom. The number of aromatic hydroxyl groups is 1. The molecule has 176 valence electrons. The molecule has 0 aliphatic rings. The number of hydrogen-bond acceptors (Lipinski definition) is 6. The van der Waals surface area contributed by atoms with Gasteiger partial charge < -0.3 is 30.1 Å². The third kappa shape index (κ3) is 8.61. The first kappa shape index (κ1) is 24.9. The van der Waals surface area contributed by atoms with E-state index < -0.39 is 6.10 Å². The topological polar surface area (TPSA) is 91.2 Å². The van der Waals surface area contributed by atoms with E-state index in [9.17, 15) is 15.3 Å². The Hall–Kier alpha value is -2.74. The van der Waals surface area contributed by atoms with E-state index in [0.29, 0.717) is 44.1 Å². The summed E-state index contributed by atoms with van der Waals surface area (Å²) in [6, 6.07) is 23.2. The van der Waals surface area contributed by atoms with Crippen LogP contribution in [0.2, 0.25) is 0 Å². The minimum Gasteiger partial charge on any atom is -0.508 e. The zero-order valence-electron chi connectivity index (χ0n) is 18.8. The number of ether oxygens (including phenoxy) is 2. The lowest BCUT2D eigenvalue weighted by Gasteiger charge is -2.14. The van der Waals surface area contributed by atoms with Crippen LogP contribution in [0.25, 0.3) is 0 Å². The molecule has 0 amide bonds. The molecule has 0 heterocycles.